The van der Waals surface area contributed by atoms with E-state index >= 15 is 0 Å². The largest absolute Gasteiger partial charge is 0.374 e. The molecule has 1 aromatic rings. The molecule has 21 heavy (non-hydrogen) atoms. The number of carbonyl (C=O) groups is 2. The third-order valence-electron chi connectivity index (χ3n) is 3.95. The first kappa shape index (κ1) is 13.6. The van der Waals surface area contributed by atoms with E-state index in [-0.39, 0.29) is 17.9 Å². The topological polar surface area (TPSA) is 73.8 Å². The zero-order valence-corrected chi connectivity index (χ0v) is 11.9. The second kappa shape index (κ2) is 5.55. The Bertz CT molecular complexity index is 611. The molecule has 0 aliphatic carbocycles. The molecule has 2 aliphatic rings. The second-order valence-electron chi connectivity index (χ2n) is 5.39. The molecule has 3 rings (SSSR count). The van der Waals surface area contributed by atoms with Gasteiger partial charge in [0.25, 0.3) is 5.91 Å². The van der Waals surface area contributed by atoms with Crippen LogP contribution in [0.3, 0.4) is 0 Å². The van der Waals surface area contributed by atoms with Gasteiger partial charge < -0.3 is 10.2 Å². The predicted molar refractivity (Wildman–Crippen MR) is 80.0 cm³/mol. The number of carbonyl (C=O) groups excluding carboxylic acids is 2. The molecule has 0 fully saturated rings. The summed E-state index contributed by atoms with van der Waals surface area (Å²) in [5.41, 5.74) is 5.02. The van der Waals surface area contributed by atoms with Crippen LogP contribution in [-0.2, 0) is 9.59 Å². The summed E-state index contributed by atoms with van der Waals surface area (Å²) in [5, 5.41) is 6.87. The Labute approximate surface area is 123 Å². The molecule has 6 nitrogen and oxygen atoms in total. The highest BCUT2D eigenvalue weighted by Crippen LogP contribution is 2.32. The molecule has 0 saturated carbocycles. The van der Waals surface area contributed by atoms with Gasteiger partial charge in [-0.2, -0.15) is 5.10 Å². The SMILES string of the molecule is CN1CCC(NC(=O)C2=NNC(=O)CC2)c2ccccc21. The van der Waals surface area contributed by atoms with Crippen molar-refractivity contribution in [3.63, 3.8) is 0 Å². The summed E-state index contributed by atoms with van der Waals surface area (Å²) in [4.78, 5) is 25.5. The fraction of sp³-hybridized carbons (Fsp3) is 0.400. The van der Waals surface area contributed by atoms with Crippen molar-refractivity contribution in [2.75, 3.05) is 18.5 Å². The van der Waals surface area contributed by atoms with Gasteiger partial charge in [0.05, 0.1) is 6.04 Å². The van der Waals surface area contributed by atoms with Crippen molar-refractivity contribution in [1.29, 1.82) is 0 Å². The summed E-state index contributed by atoms with van der Waals surface area (Å²) in [7, 11) is 2.05. The Morgan fingerprint density at radius 3 is 2.95 bits per heavy atom. The van der Waals surface area contributed by atoms with Crippen LogP contribution in [0.1, 0.15) is 30.9 Å². The van der Waals surface area contributed by atoms with Crippen molar-refractivity contribution in [1.82, 2.24) is 10.7 Å². The summed E-state index contributed by atoms with van der Waals surface area (Å²) < 4.78 is 0. The molecule has 6 heteroatoms. The maximum Gasteiger partial charge on any atom is 0.267 e. The van der Waals surface area contributed by atoms with Gasteiger partial charge in [-0.3, -0.25) is 9.59 Å². The minimum atomic E-state index is -0.195. The van der Waals surface area contributed by atoms with Crippen LogP contribution in [-0.4, -0.2) is 31.1 Å². The highest BCUT2D eigenvalue weighted by atomic mass is 16.2. The second-order valence-corrected chi connectivity index (χ2v) is 5.39. The van der Waals surface area contributed by atoms with E-state index in [0.717, 1.165) is 24.2 Å². The lowest BCUT2D eigenvalue weighted by Gasteiger charge is -2.33. The zero-order valence-electron chi connectivity index (χ0n) is 11.9. The summed E-state index contributed by atoms with van der Waals surface area (Å²) in [6, 6.07) is 8.08. The van der Waals surface area contributed by atoms with Crippen molar-refractivity contribution < 1.29 is 9.59 Å². The highest BCUT2D eigenvalue weighted by Gasteiger charge is 2.26. The van der Waals surface area contributed by atoms with Crippen molar-refractivity contribution in [2.45, 2.75) is 25.3 Å². The smallest absolute Gasteiger partial charge is 0.267 e. The fourth-order valence-corrected chi connectivity index (χ4v) is 2.76. The minimum Gasteiger partial charge on any atom is -0.374 e. The Balaban J connectivity index is 1.75. The van der Waals surface area contributed by atoms with Crippen LogP contribution in [0.2, 0.25) is 0 Å². The molecule has 1 aromatic carbocycles. The molecule has 1 atom stereocenters. The van der Waals surface area contributed by atoms with Crippen molar-refractivity contribution in [2.24, 2.45) is 5.10 Å². The van der Waals surface area contributed by atoms with E-state index < -0.39 is 0 Å². The molecule has 0 radical (unpaired) electrons. The van der Waals surface area contributed by atoms with Crippen LogP contribution >= 0.6 is 0 Å². The molecular weight excluding hydrogens is 268 g/mol. The first-order chi connectivity index (χ1) is 10.1. The molecule has 2 heterocycles. The van der Waals surface area contributed by atoms with E-state index in [0.29, 0.717) is 18.6 Å². The minimum absolute atomic E-state index is 0.00905. The number of nitrogens with one attached hydrogen (secondary N) is 2. The highest BCUT2D eigenvalue weighted by molar-refractivity contribution is 6.39. The number of benzene rings is 1. The number of hydrogen-bond acceptors (Lipinski definition) is 4. The number of hydrazone groups is 1. The van der Waals surface area contributed by atoms with Crippen LogP contribution in [0.15, 0.2) is 29.4 Å². The normalized spacial score (nSPS) is 21.2. The van der Waals surface area contributed by atoms with E-state index in [1.807, 2.05) is 18.2 Å². The van der Waals surface area contributed by atoms with Gasteiger partial charge in [-0.05, 0) is 18.1 Å². The number of fused-ring (bicyclic) bond motifs is 1. The van der Waals surface area contributed by atoms with Crippen LogP contribution in [0, 0.1) is 0 Å². The Kier molecular flexibility index (Phi) is 3.60. The molecule has 0 saturated heterocycles. The molecule has 1 unspecified atom stereocenters. The average molecular weight is 286 g/mol. The van der Waals surface area contributed by atoms with Gasteiger partial charge in [0, 0.05) is 32.1 Å². The fourth-order valence-electron chi connectivity index (χ4n) is 2.76. The molecule has 110 valence electrons. The molecular formula is C15H18N4O2. The maximum absolute atomic E-state index is 12.3. The third kappa shape index (κ3) is 2.74. The van der Waals surface area contributed by atoms with Gasteiger partial charge in [0.15, 0.2) is 0 Å². The molecule has 0 aromatic heterocycles. The van der Waals surface area contributed by atoms with E-state index in [4.69, 9.17) is 0 Å². The zero-order chi connectivity index (χ0) is 14.8. The number of nitrogens with zero attached hydrogens (tertiary/aromatic N) is 2. The van der Waals surface area contributed by atoms with Gasteiger partial charge in [-0.1, -0.05) is 18.2 Å². The third-order valence-corrected chi connectivity index (χ3v) is 3.95. The van der Waals surface area contributed by atoms with E-state index in [9.17, 15) is 9.59 Å². The molecule has 0 spiro atoms. The van der Waals surface area contributed by atoms with Gasteiger partial charge in [-0.25, -0.2) is 5.43 Å². The van der Waals surface area contributed by atoms with Crippen molar-refractivity contribution in [3.8, 4) is 0 Å². The lowest BCUT2D eigenvalue weighted by atomic mass is 9.96. The summed E-state index contributed by atoms with van der Waals surface area (Å²) in [6.45, 7) is 0.894. The number of anilines is 1. The lowest BCUT2D eigenvalue weighted by Crippen LogP contribution is -2.41. The number of hydrogen-bond donors (Lipinski definition) is 2. The van der Waals surface area contributed by atoms with Crippen LogP contribution < -0.4 is 15.6 Å². The van der Waals surface area contributed by atoms with Gasteiger partial charge in [0.1, 0.15) is 5.71 Å². The van der Waals surface area contributed by atoms with E-state index in [1.54, 1.807) is 0 Å². The van der Waals surface area contributed by atoms with Gasteiger partial charge in [0.2, 0.25) is 5.91 Å². The average Bonchev–Trinajstić information content (AvgIpc) is 2.51. The van der Waals surface area contributed by atoms with Crippen LogP contribution in [0.4, 0.5) is 5.69 Å². The number of para-hydroxylation sites is 1. The monoisotopic (exact) mass is 286 g/mol. The molecule has 2 aliphatic heterocycles. The predicted octanol–water partition coefficient (Wildman–Crippen LogP) is 0.950. The van der Waals surface area contributed by atoms with E-state index in [1.165, 1.54) is 0 Å². The van der Waals surface area contributed by atoms with Gasteiger partial charge in [-0.15, -0.1) is 0 Å². The van der Waals surface area contributed by atoms with E-state index in [2.05, 4.69) is 33.9 Å². The molecule has 2 amide bonds. The Morgan fingerprint density at radius 2 is 2.19 bits per heavy atom. The van der Waals surface area contributed by atoms with Crippen molar-refractivity contribution in [3.05, 3.63) is 29.8 Å². The van der Waals surface area contributed by atoms with Gasteiger partial charge >= 0.3 is 0 Å². The maximum atomic E-state index is 12.3. The molecule has 0 bridgehead atoms. The van der Waals surface area contributed by atoms with Crippen LogP contribution in [0.5, 0.6) is 0 Å². The Morgan fingerprint density at radius 1 is 1.38 bits per heavy atom. The number of rotatable bonds is 2. The quantitative estimate of drug-likeness (QED) is 0.850. The summed E-state index contributed by atoms with van der Waals surface area (Å²) >= 11 is 0. The lowest BCUT2D eigenvalue weighted by molar-refractivity contribution is -0.121. The van der Waals surface area contributed by atoms with Crippen LogP contribution in [0.25, 0.3) is 0 Å². The summed E-state index contributed by atoms with van der Waals surface area (Å²) in [5.74, 6) is -0.337. The first-order valence-corrected chi connectivity index (χ1v) is 7.11. The number of amides is 2. The first-order valence-electron chi connectivity index (χ1n) is 7.11. The van der Waals surface area contributed by atoms with Crippen molar-refractivity contribution >= 4 is 23.2 Å². The molecule has 2 N–H and O–H groups in total. The standard InChI is InChI=1S/C15H18N4O2/c1-19-9-8-11(10-4-2-3-5-13(10)19)16-15(21)12-6-7-14(20)18-17-12/h2-5,11H,6-9H2,1H3,(H,16,21)(H,18,20). The summed E-state index contributed by atoms with van der Waals surface area (Å²) in [6.07, 6.45) is 1.57. The Hall–Kier alpha value is -2.37.